The van der Waals surface area contributed by atoms with Crippen molar-refractivity contribution in [3.8, 4) is 23.0 Å². The lowest BCUT2D eigenvalue weighted by Crippen LogP contribution is -2.00. The van der Waals surface area contributed by atoms with E-state index in [1.807, 2.05) is 74.5 Å². The summed E-state index contributed by atoms with van der Waals surface area (Å²) < 4.78 is 30.7. The number of aromatic nitrogens is 1. The lowest BCUT2D eigenvalue weighted by Gasteiger charge is -2.12. The molecule has 0 aliphatic heterocycles. The van der Waals surface area contributed by atoms with Gasteiger partial charge in [-0.05, 0) is 85.6 Å². The third-order valence-electron chi connectivity index (χ3n) is 5.61. The van der Waals surface area contributed by atoms with E-state index in [2.05, 4.69) is 9.98 Å². The maximum Gasteiger partial charge on any atom is 0.227 e. The van der Waals surface area contributed by atoms with Gasteiger partial charge in [0.1, 0.15) is 17.9 Å². The average Bonchev–Trinajstić information content (AvgIpc) is 3.32. The molecule has 0 radical (unpaired) electrons. The molecule has 0 aliphatic rings. The second kappa shape index (κ2) is 10.4. The van der Waals surface area contributed by atoms with Crippen LogP contribution in [0, 0.1) is 12.7 Å². The van der Waals surface area contributed by atoms with Gasteiger partial charge in [-0.3, -0.25) is 4.99 Å². The number of rotatable bonds is 8. The van der Waals surface area contributed by atoms with Crippen molar-refractivity contribution in [2.75, 3.05) is 6.61 Å². The molecule has 180 valence electrons. The van der Waals surface area contributed by atoms with E-state index in [9.17, 15) is 4.39 Å². The van der Waals surface area contributed by atoms with E-state index in [1.165, 1.54) is 17.7 Å². The van der Waals surface area contributed by atoms with E-state index < -0.39 is 0 Å². The van der Waals surface area contributed by atoms with Crippen LogP contribution in [0.3, 0.4) is 0 Å². The SMILES string of the molecule is CCOc1cc(C=Nc2ccc3oc(-c4ccc(C)cc4)nc3c2)ccc1OCc1ccc(F)cc1. The highest BCUT2D eigenvalue weighted by molar-refractivity contribution is 5.85. The molecule has 5 rings (SSSR count). The molecule has 0 unspecified atom stereocenters. The first kappa shape index (κ1) is 23.3. The topological polar surface area (TPSA) is 56.9 Å². The highest BCUT2D eigenvalue weighted by atomic mass is 19.1. The van der Waals surface area contributed by atoms with Crippen molar-refractivity contribution in [2.45, 2.75) is 20.5 Å². The lowest BCUT2D eigenvalue weighted by atomic mass is 10.1. The zero-order valence-corrected chi connectivity index (χ0v) is 20.1. The maximum atomic E-state index is 13.1. The van der Waals surface area contributed by atoms with Gasteiger partial charge >= 0.3 is 0 Å². The van der Waals surface area contributed by atoms with E-state index in [4.69, 9.17) is 13.9 Å². The average molecular weight is 481 g/mol. The number of aryl methyl sites for hydroxylation is 1. The molecule has 1 aromatic heterocycles. The first-order chi connectivity index (χ1) is 17.6. The first-order valence-corrected chi connectivity index (χ1v) is 11.7. The fraction of sp³-hybridized carbons (Fsp3) is 0.133. The number of halogens is 1. The molecule has 0 spiro atoms. The lowest BCUT2D eigenvalue weighted by molar-refractivity contribution is 0.269. The van der Waals surface area contributed by atoms with Crippen molar-refractivity contribution in [3.63, 3.8) is 0 Å². The van der Waals surface area contributed by atoms with E-state index in [0.717, 1.165) is 27.9 Å². The third kappa shape index (κ3) is 5.44. The van der Waals surface area contributed by atoms with Gasteiger partial charge in [0.2, 0.25) is 5.89 Å². The Kier molecular flexibility index (Phi) is 6.76. The van der Waals surface area contributed by atoms with Crippen LogP contribution in [0.5, 0.6) is 11.5 Å². The summed E-state index contributed by atoms with van der Waals surface area (Å²) >= 11 is 0. The molecule has 6 heteroatoms. The van der Waals surface area contributed by atoms with Crippen LogP contribution in [0.4, 0.5) is 10.1 Å². The Hall–Kier alpha value is -4.45. The molecule has 0 saturated heterocycles. The molecule has 0 atom stereocenters. The van der Waals surface area contributed by atoms with Gasteiger partial charge in [-0.2, -0.15) is 0 Å². The van der Waals surface area contributed by atoms with Gasteiger partial charge in [0.15, 0.2) is 17.1 Å². The van der Waals surface area contributed by atoms with Gasteiger partial charge < -0.3 is 13.9 Å². The number of hydrogen-bond acceptors (Lipinski definition) is 5. The molecular formula is C30H25FN2O3. The molecular weight excluding hydrogens is 455 g/mol. The Morgan fingerprint density at radius 2 is 1.69 bits per heavy atom. The van der Waals surface area contributed by atoms with E-state index in [-0.39, 0.29) is 5.82 Å². The van der Waals surface area contributed by atoms with Gasteiger partial charge in [-0.1, -0.05) is 29.8 Å². The Balaban J connectivity index is 1.32. The highest BCUT2D eigenvalue weighted by Crippen LogP contribution is 2.30. The minimum Gasteiger partial charge on any atom is -0.490 e. The second-order valence-electron chi connectivity index (χ2n) is 8.35. The van der Waals surface area contributed by atoms with Gasteiger partial charge in [-0.15, -0.1) is 0 Å². The van der Waals surface area contributed by atoms with Crippen LogP contribution in [0.2, 0.25) is 0 Å². The summed E-state index contributed by atoms with van der Waals surface area (Å²) in [7, 11) is 0. The standard InChI is InChI=1S/C30H25FN2O3/c1-3-34-29-16-22(8-14-28(29)35-19-21-6-11-24(31)12-7-21)18-32-25-13-15-27-26(17-25)33-30(36-27)23-9-4-20(2)5-10-23/h4-18H,3,19H2,1-2H3. The van der Waals surface area contributed by atoms with Crippen molar-refractivity contribution >= 4 is 23.0 Å². The Morgan fingerprint density at radius 1 is 0.889 bits per heavy atom. The van der Waals surface area contributed by atoms with Crippen LogP contribution in [0.25, 0.3) is 22.6 Å². The monoisotopic (exact) mass is 480 g/mol. The molecule has 0 fully saturated rings. The third-order valence-corrected chi connectivity index (χ3v) is 5.61. The quantitative estimate of drug-likeness (QED) is 0.214. The summed E-state index contributed by atoms with van der Waals surface area (Å²) in [5.41, 5.74) is 6.09. The fourth-order valence-corrected chi connectivity index (χ4v) is 3.70. The number of aliphatic imine (C=N–C) groups is 1. The normalized spacial score (nSPS) is 11.3. The summed E-state index contributed by atoms with van der Waals surface area (Å²) in [4.78, 5) is 9.25. The molecule has 0 saturated carbocycles. The highest BCUT2D eigenvalue weighted by Gasteiger charge is 2.09. The van der Waals surface area contributed by atoms with Gasteiger partial charge in [0.05, 0.1) is 12.3 Å². The van der Waals surface area contributed by atoms with E-state index in [0.29, 0.717) is 36.2 Å². The smallest absolute Gasteiger partial charge is 0.227 e. The molecule has 5 aromatic rings. The molecule has 5 nitrogen and oxygen atoms in total. The number of nitrogens with zero attached hydrogens (tertiary/aromatic N) is 2. The fourth-order valence-electron chi connectivity index (χ4n) is 3.70. The minimum atomic E-state index is -0.271. The molecule has 0 N–H and O–H groups in total. The van der Waals surface area contributed by atoms with Crippen LogP contribution in [0.15, 0.2) is 94.3 Å². The Bertz CT molecular complexity index is 1510. The summed E-state index contributed by atoms with van der Waals surface area (Å²) in [5, 5.41) is 0. The maximum absolute atomic E-state index is 13.1. The van der Waals surface area contributed by atoms with Crippen molar-refractivity contribution in [3.05, 3.63) is 107 Å². The van der Waals surface area contributed by atoms with Crippen molar-refractivity contribution in [2.24, 2.45) is 4.99 Å². The number of benzene rings is 4. The van der Waals surface area contributed by atoms with Crippen molar-refractivity contribution in [1.29, 1.82) is 0 Å². The summed E-state index contributed by atoms with van der Waals surface area (Å²) in [5.74, 6) is 1.56. The molecule has 1 heterocycles. The van der Waals surface area contributed by atoms with Gasteiger partial charge in [0, 0.05) is 11.8 Å². The Morgan fingerprint density at radius 3 is 2.47 bits per heavy atom. The van der Waals surface area contributed by atoms with Crippen LogP contribution < -0.4 is 9.47 Å². The molecule has 0 amide bonds. The number of ether oxygens (including phenoxy) is 2. The van der Waals surface area contributed by atoms with E-state index in [1.54, 1.807) is 18.3 Å². The Labute approximate surface area is 208 Å². The minimum absolute atomic E-state index is 0.271. The van der Waals surface area contributed by atoms with Gasteiger partial charge in [0.25, 0.3) is 0 Å². The predicted octanol–water partition coefficient (Wildman–Crippen LogP) is 7.67. The molecule has 4 aromatic carbocycles. The summed E-state index contributed by atoms with van der Waals surface area (Å²) in [6.07, 6.45) is 1.77. The largest absolute Gasteiger partial charge is 0.490 e. The van der Waals surface area contributed by atoms with Gasteiger partial charge in [-0.25, -0.2) is 9.37 Å². The number of fused-ring (bicyclic) bond motifs is 1. The van der Waals surface area contributed by atoms with Crippen LogP contribution in [-0.2, 0) is 6.61 Å². The van der Waals surface area contributed by atoms with Crippen LogP contribution in [0.1, 0.15) is 23.6 Å². The first-order valence-electron chi connectivity index (χ1n) is 11.7. The zero-order valence-electron chi connectivity index (χ0n) is 20.1. The summed E-state index contributed by atoms with van der Waals surface area (Å²) in [6, 6.07) is 25.6. The van der Waals surface area contributed by atoms with Crippen LogP contribution >= 0.6 is 0 Å². The zero-order chi connectivity index (χ0) is 24.9. The molecule has 0 aliphatic carbocycles. The van der Waals surface area contributed by atoms with E-state index >= 15 is 0 Å². The second-order valence-corrected chi connectivity index (χ2v) is 8.35. The van der Waals surface area contributed by atoms with Crippen molar-refractivity contribution in [1.82, 2.24) is 4.98 Å². The molecule has 36 heavy (non-hydrogen) atoms. The predicted molar refractivity (Wildman–Crippen MR) is 140 cm³/mol. The number of hydrogen-bond donors (Lipinski definition) is 0. The van der Waals surface area contributed by atoms with Crippen LogP contribution in [-0.4, -0.2) is 17.8 Å². The van der Waals surface area contributed by atoms with Crippen molar-refractivity contribution < 1.29 is 18.3 Å². The molecule has 0 bridgehead atoms. The summed E-state index contributed by atoms with van der Waals surface area (Å²) in [6.45, 7) is 4.78. The number of oxazole rings is 1.